The molecule has 4 unspecified atom stereocenters. The Morgan fingerprint density at radius 1 is 1.21 bits per heavy atom. The Balaban J connectivity index is 1.45. The molecule has 2 N–H and O–H groups in total. The van der Waals surface area contributed by atoms with Crippen LogP contribution in [-0.4, -0.2) is 12.1 Å². The zero-order valence-corrected chi connectivity index (χ0v) is 13.7. The summed E-state index contributed by atoms with van der Waals surface area (Å²) in [5.74, 6) is 2.13. The molecule has 0 radical (unpaired) electrons. The second-order valence-electron chi connectivity index (χ2n) is 7.15. The summed E-state index contributed by atoms with van der Waals surface area (Å²) in [6, 6.07) is 4.72. The van der Waals surface area contributed by atoms with Crippen molar-refractivity contribution in [2.75, 3.05) is 0 Å². The standard InChI is InChI=1S/C18H23F3N2O/c1-11(16-9-13-2-5-14(16)8-13)23-17(24)22-10-12-3-6-15(7-4-12)18(19,20)21/h3-4,6-7,11,13-14,16H,2,5,8-10H2,1H3,(H2,22,23,24). The Morgan fingerprint density at radius 2 is 1.92 bits per heavy atom. The molecule has 6 heteroatoms. The predicted octanol–water partition coefficient (Wildman–Crippen LogP) is 4.33. The van der Waals surface area contributed by atoms with Crippen LogP contribution in [0.1, 0.15) is 43.7 Å². The van der Waals surface area contributed by atoms with E-state index in [4.69, 9.17) is 0 Å². The van der Waals surface area contributed by atoms with E-state index in [1.165, 1.54) is 37.8 Å². The summed E-state index contributed by atoms with van der Waals surface area (Å²) < 4.78 is 37.5. The van der Waals surface area contributed by atoms with Crippen LogP contribution < -0.4 is 10.6 Å². The molecular weight excluding hydrogens is 317 g/mol. The minimum absolute atomic E-state index is 0.132. The average Bonchev–Trinajstić information content (AvgIpc) is 3.15. The van der Waals surface area contributed by atoms with E-state index < -0.39 is 11.7 Å². The van der Waals surface area contributed by atoms with Gasteiger partial charge in [-0.25, -0.2) is 4.79 Å². The fourth-order valence-corrected chi connectivity index (χ4v) is 4.27. The molecule has 0 aromatic heterocycles. The van der Waals surface area contributed by atoms with Gasteiger partial charge < -0.3 is 10.6 Å². The van der Waals surface area contributed by atoms with Crippen molar-refractivity contribution in [3.8, 4) is 0 Å². The van der Waals surface area contributed by atoms with Crippen LogP contribution in [0.2, 0.25) is 0 Å². The van der Waals surface area contributed by atoms with Crippen molar-refractivity contribution in [1.82, 2.24) is 10.6 Å². The van der Waals surface area contributed by atoms with Crippen LogP contribution >= 0.6 is 0 Å². The Labute approximate surface area is 140 Å². The second-order valence-corrected chi connectivity index (χ2v) is 7.15. The van der Waals surface area contributed by atoms with E-state index in [0.717, 1.165) is 24.0 Å². The molecule has 2 bridgehead atoms. The molecule has 2 amide bonds. The lowest BCUT2D eigenvalue weighted by Crippen LogP contribution is -2.45. The highest BCUT2D eigenvalue weighted by molar-refractivity contribution is 5.74. The van der Waals surface area contributed by atoms with Crippen LogP contribution in [0.15, 0.2) is 24.3 Å². The van der Waals surface area contributed by atoms with Crippen molar-refractivity contribution in [3.63, 3.8) is 0 Å². The topological polar surface area (TPSA) is 41.1 Å². The fraction of sp³-hybridized carbons (Fsp3) is 0.611. The van der Waals surface area contributed by atoms with Crippen molar-refractivity contribution >= 4 is 6.03 Å². The molecule has 24 heavy (non-hydrogen) atoms. The van der Waals surface area contributed by atoms with Gasteiger partial charge in [0.25, 0.3) is 0 Å². The first-order chi connectivity index (χ1) is 11.3. The predicted molar refractivity (Wildman–Crippen MR) is 85.2 cm³/mol. The third-order valence-electron chi connectivity index (χ3n) is 5.53. The SMILES string of the molecule is CC(NC(=O)NCc1ccc(C(F)(F)F)cc1)C1CC2CCC1C2. The van der Waals surface area contributed by atoms with Crippen LogP contribution in [0.3, 0.4) is 0 Å². The number of alkyl halides is 3. The summed E-state index contributed by atoms with van der Waals surface area (Å²) in [5.41, 5.74) is -0.0358. The van der Waals surface area contributed by atoms with Gasteiger partial charge in [0.2, 0.25) is 0 Å². The van der Waals surface area contributed by atoms with Gasteiger partial charge in [0.1, 0.15) is 0 Å². The Kier molecular flexibility index (Phi) is 4.74. The van der Waals surface area contributed by atoms with Gasteiger partial charge in [-0.1, -0.05) is 18.6 Å². The molecule has 2 fully saturated rings. The smallest absolute Gasteiger partial charge is 0.335 e. The number of benzene rings is 1. The molecular formula is C18H23F3N2O. The number of fused-ring (bicyclic) bond motifs is 2. The van der Waals surface area contributed by atoms with E-state index in [-0.39, 0.29) is 18.6 Å². The molecule has 0 aliphatic heterocycles. The molecule has 3 nitrogen and oxygen atoms in total. The number of hydrogen-bond donors (Lipinski definition) is 2. The van der Waals surface area contributed by atoms with E-state index in [9.17, 15) is 18.0 Å². The normalized spacial score (nSPS) is 27.1. The largest absolute Gasteiger partial charge is 0.416 e. The highest BCUT2D eigenvalue weighted by Gasteiger charge is 2.42. The molecule has 1 aromatic carbocycles. The number of rotatable bonds is 4. The highest BCUT2D eigenvalue weighted by Crippen LogP contribution is 2.49. The van der Waals surface area contributed by atoms with Crippen LogP contribution in [-0.2, 0) is 12.7 Å². The minimum atomic E-state index is -4.33. The Morgan fingerprint density at radius 3 is 2.46 bits per heavy atom. The molecule has 2 saturated carbocycles. The number of urea groups is 1. The summed E-state index contributed by atoms with van der Waals surface area (Å²) in [4.78, 5) is 12.0. The molecule has 3 rings (SSSR count). The van der Waals surface area contributed by atoms with Gasteiger partial charge in [0.05, 0.1) is 5.56 Å². The maximum absolute atomic E-state index is 12.5. The van der Waals surface area contributed by atoms with Gasteiger partial charge in [0.15, 0.2) is 0 Å². The van der Waals surface area contributed by atoms with E-state index >= 15 is 0 Å². The van der Waals surface area contributed by atoms with E-state index in [1.54, 1.807) is 0 Å². The molecule has 132 valence electrons. The minimum Gasteiger partial charge on any atom is -0.335 e. The van der Waals surface area contributed by atoms with Crippen molar-refractivity contribution < 1.29 is 18.0 Å². The maximum atomic E-state index is 12.5. The summed E-state index contributed by atoms with van der Waals surface area (Å²) in [6.07, 6.45) is 0.761. The van der Waals surface area contributed by atoms with Crippen molar-refractivity contribution in [1.29, 1.82) is 0 Å². The summed E-state index contributed by atoms with van der Waals surface area (Å²) in [5, 5.41) is 5.71. The van der Waals surface area contributed by atoms with Crippen LogP contribution in [0.4, 0.5) is 18.0 Å². The molecule has 0 heterocycles. The van der Waals surface area contributed by atoms with E-state index in [2.05, 4.69) is 10.6 Å². The molecule has 1 aromatic rings. The Hall–Kier alpha value is -1.72. The monoisotopic (exact) mass is 340 g/mol. The zero-order valence-electron chi connectivity index (χ0n) is 13.7. The van der Waals surface area contributed by atoms with Gasteiger partial charge in [-0.3, -0.25) is 0 Å². The van der Waals surface area contributed by atoms with Crippen LogP contribution in [0.25, 0.3) is 0 Å². The summed E-state index contributed by atoms with van der Waals surface area (Å²) in [7, 11) is 0. The number of carbonyl (C=O) groups is 1. The van der Waals surface area contributed by atoms with Gasteiger partial charge >= 0.3 is 12.2 Å². The lowest BCUT2D eigenvalue weighted by molar-refractivity contribution is -0.137. The summed E-state index contributed by atoms with van der Waals surface area (Å²) in [6.45, 7) is 2.26. The lowest BCUT2D eigenvalue weighted by Gasteiger charge is -2.28. The Bertz CT molecular complexity index is 585. The third-order valence-corrected chi connectivity index (χ3v) is 5.53. The first kappa shape index (κ1) is 17.1. The second kappa shape index (κ2) is 6.65. The highest BCUT2D eigenvalue weighted by atomic mass is 19.4. The van der Waals surface area contributed by atoms with E-state index in [1.807, 2.05) is 6.92 Å². The lowest BCUT2D eigenvalue weighted by atomic mass is 9.84. The molecule has 0 saturated heterocycles. The third kappa shape index (κ3) is 3.84. The first-order valence-corrected chi connectivity index (χ1v) is 8.53. The van der Waals surface area contributed by atoms with E-state index in [0.29, 0.717) is 11.5 Å². The average molecular weight is 340 g/mol. The zero-order chi connectivity index (χ0) is 17.3. The quantitative estimate of drug-likeness (QED) is 0.842. The maximum Gasteiger partial charge on any atom is 0.416 e. The van der Waals surface area contributed by atoms with Gasteiger partial charge in [0, 0.05) is 12.6 Å². The van der Waals surface area contributed by atoms with Gasteiger partial charge in [-0.05, 0) is 61.6 Å². The molecule has 0 spiro atoms. The molecule has 4 atom stereocenters. The molecule has 2 aliphatic carbocycles. The first-order valence-electron chi connectivity index (χ1n) is 8.53. The van der Waals surface area contributed by atoms with Crippen molar-refractivity contribution in [3.05, 3.63) is 35.4 Å². The van der Waals surface area contributed by atoms with Gasteiger partial charge in [-0.15, -0.1) is 0 Å². The summed E-state index contributed by atoms with van der Waals surface area (Å²) >= 11 is 0. The van der Waals surface area contributed by atoms with Crippen LogP contribution in [0.5, 0.6) is 0 Å². The number of carbonyl (C=O) groups excluding carboxylic acids is 1. The fourth-order valence-electron chi connectivity index (χ4n) is 4.27. The number of hydrogen-bond acceptors (Lipinski definition) is 1. The van der Waals surface area contributed by atoms with Crippen LogP contribution in [0, 0.1) is 17.8 Å². The number of amides is 2. The number of nitrogens with one attached hydrogen (secondary N) is 2. The number of halogens is 3. The molecule has 2 aliphatic rings. The van der Waals surface area contributed by atoms with Crippen molar-refractivity contribution in [2.24, 2.45) is 17.8 Å². The van der Waals surface area contributed by atoms with Crippen molar-refractivity contribution in [2.45, 2.75) is 51.4 Å². The van der Waals surface area contributed by atoms with Gasteiger partial charge in [-0.2, -0.15) is 13.2 Å².